The summed E-state index contributed by atoms with van der Waals surface area (Å²) in [5.74, 6) is 0. The smallest absolute Gasteiger partial charge is 0 e. The normalized spacial score (nSPS) is 4.17. The second-order valence-electron chi connectivity index (χ2n) is 1.71. The maximum Gasteiger partial charge on any atom is 0 e. The van der Waals surface area contributed by atoms with E-state index in [0.717, 1.165) is 0 Å². The number of hydrogen-bond donors (Lipinski definition) is 0. The molecule has 0 spiro atoms. The molecule has 0 aliphatic rings. The van der Waals surface area contributed by atoms with Gasteiger partial charge in [-0.3, -0.25) is 0 Å². The Morgan fingerprint density at radius 3 is 1.25 bits per heavy atom. The summed E-state index contributed by atoms with van der Waals surface area (Å²) in [4.78, 5) is 0. The zero-order valence-corrected chi connectivity index (χ0v) is 20.3. The van der Waals surface area contributed by atoms with Crippen molar-refractivity contribution in [3.8, 4) is 0 Å². The van der Waals surface area contributed by atoms with E-state index in [0.29, 0.717) is 0 Å². The predicted octanol–water partition coefficient (Wildman–Crippen LogP) is 3.25. The van der Waals surface area contributed by atoms with E-state index in [1.807, 2.05) is 0 Å². The van der Waals surface area contributed by atoms with Crippen LogP contribution < -0.4 is 0 Å². The van der Waals surface area contributed by atoms with E-state index in [-0.39, 0.29) is 146 Å². The van der Waals surface area contributed by atoms with Crippen molar-refractivity contribution in [2.75, 3.05) is 0 Å². The van der Waals surface area contributed by atoms with Gasteiger partial charge in [-0.05, 0) is 13.3 Å². The first-order valence-electron chi connectivity index (χ1n) is 2.41. The first-order valence-corrected chi connectivity index (χ1v) is 2.41. The third-order valence-electron chi connectivity index (χ3n) is 0.677. The standard InChI is InChI=1S/C6H12.2CH3.4Y/c1-4-5-6(2)3;;;;;;/h2,4-5H2,1,3H3;2*1H3;;;;/q;2*-1;;;;. The van der Waals surface area contributed by atoms with Gasteiger partial charge in [0.15, 0.2) is 0 Å². The van der Waals surface area contributed by atoms with Gasteiger partial charge in [-0.25, -0.2) is 0 Å². The van der Waals surface area contributed by atoms with Crippen LogP contribution in [0.4, 0.5) is 0 Å². The molecule has 0 aromatic rings. The van der Waals surface area contributed by atoms with Gasteiger partial charge in [0.05, 0.1) is 0 Å². The summed E-state index contributed by atoms with van der Waals surface area (Å²) in [6, 6.07) is 0. The van der Waals surface area contributed by atoms with Crippen molar-refractivity contribution >= 4 is 0 Å². The largest absolute Gasteiger partial charge is 0.358 e. The van der Waals surface area contributed by atoms with Crippen LogP contribution in [0.5, 0.6) is 0 Å². The van der Waals surface area contributed by atoms with Crippen LogP contribution >= 0.6 is 0 Å². The average molecular weight is 470 g/mol. The minimum absolute atomic E-state index is 0. The van der Waals surface area contributed by atoms with Gasteiger partial charge in [0, 0.05) is 131 Å². The summed E-state index contributed by atoms with van der Waals surface area (Å²) in [6.07, 6.45) is 2.41. The molecular formula is C8H18Y4-2. The predicted molar refractivity (Wildman–Crippen MR) is 42.6 cm³/mol. The molecule has 0 atom stereocenters. The topological polar surface area (TPSA) is 0 Å². The van der Waals surface area contributed by atoms with Gasteiger partial charge in [-0.2, -0.15) is 0 Å². The molecular weight excluding hydrogens is 452 g/mol. The zero-order chi connectivity index (χ0) is 4.99. The van der Waals surface area contributed by atoms with Gasteiger partial charge < -0.3 is 14.9 Å². The Hall–Kier alpha value is 4.16. The van der Waals surface area contributed by atoms with E-state index in [1.54, 1.807) is 0 Å². The van der Waals surface area contributed by atoms with Crippen LogP contribution in [0.2, 0.25) is 0 Å². The Morgan fingerprint density at radius 2 is 1.25 bits per heavy atom. The fraction of sp³-hybridized carbons (Fsp3) is 0.500. The molecule has 4 radical (unpaired) electrons. The molecule has 64 valence electrons. The molecule has 0 aromatic carbocycles. The fourth-order valence-electron chi connectivity index (χ4n) is 0.427. The van der Waals surface area contributed by atoms with Crippen molar-refractivity contribution < 1.29 is 131 Å². The molecule has 0 saturated heterocycles. The molecule has 4 heteroatoms. The van der Waals surface area contributed by atoms with Crippen LogP contribution in [0.25, 0.3) is 0 Å². The first kappa shape index (κ1) is 44.3. The van der Waals surface area contributed by atoms with Gasteiger partial charge in [-0.15, -0.1) is 6.58 Å². The van der Waals surface area contributed by atoms with Crippen molar-refractivity contribution in [2.24, 2.45) is 0 Å². The molecule has 0 unspecified atom stereocenters. The summed E-state index contributed by atoms with van der Waals surface area (Å²) in [5.41, 5.74) is 1.29. The molecule has 0 rings (SSSR count). The van der Waals surface area contributed by atoms with Crippen LogP contribution in [0.15, 0.2) is 12.2 Å². The molecule has 0 saturated carbocycles. The number of rotatable bonds is 2. The molecule has 0 aromatic heterocycles. The van der Waals surface area contributed by atoms with Crippen LogP contribution in [0, 0.1) is 14.9 Å². The molecule has 0 heterocycles. The van der Waals surface area contributed by atoms with E-state index in [1.165, 1.54) is 18.4 Å². The summed E-state index contributed by atoms with van der Waals surface area (Å²) in [5, 5.41) is 0. The molecule has 0 amide bonds. The quantitative estimate of drug-likeness (QED) is 0.430. The Labute approximate surface area is 180 Å². The summed E-state index contributed by atoms with van der Waals surface area (Å²) >= 11 is 0. The summed E-state index contributed by atoms with van der Waals surface area (Å²) < 4.78 is 0. The molecule has 0 bridgehead atoms. The Balaban J connectivity index is -0.00000000833. The van der Waals surface area contributed by atoms with Gasteiger partial charge in [0.1, 0.15) is 0 Å². The minimum Gasteiger partial charge on any atom is -0.358 e. The van der Waals surface area contributed by atoms with Gasteiger partial charge >= 0.3 is 0 Å². The Kier molecular flexibility index (Phi) is 134. The SMILES string of the molecule is C=C(C)CCC.[CH3-].[CH3-].[Y].[Y].[Y].[Y]. The first-order chi connectivity index (χ1) is 2.77. The van der Waals surface area contributed by atoms with Crippen LogP contribution in [0.3, 0.4) is 0 Å². The van der Waals surface area contributed by atoms with E-state index < -0.39 is 0 Å². The van der Waals surface area contributed by atoms with E-state index in [2.05, 4.69) is 20.4 Å². The van der Waals surface area contributed by atoms with Gasteiger partial charge in [-0.1, -0.05) is 18.9 Å². The Bertz CT molecular complexity index is 55.0. The second kappa shape index (κ2) is 36.2. The third-order valence-corrected chi connectivity index (χ3v) is 0.677. The monoisotopic (exact) mass is 470 g/mol. The maximum absolute atomic E-state index is 3.74. The van der Waals surface area contributed by atoms with E-state index in [9.17, 15) is 0 Å². The number of allylic oxidation sites excluding steroid dienone is 1. The van der Waals surface area contributed by atoms with E-state index in [4.69, 9.17) is 0 Å². The minimum atomic E-state index is 0. The third kappa shape index (κ3) is 47.8. The van der Waals surface area contributed by atoms with Gasteiger partial charge in [0.2, 0.25) is 0 Å². The van der Waals surface area contributed by atoms with Crippen molar-refractivity contribution in [3.63, 3.8) is 0 Å². The molecule has 0 N–H and O–H groups in total. The zero-order valence-electron chi connectivity index (χ0n) is 8.93. The van der Waals surface area contributed by atoms with Gasteiger partial charge in [0.25, 0.3) is 0 Å². The molecule has 0 aliphatic heterocycles. The van der Waals surface area contributed by atoms with E-state index >= 15 is 0 Å². The summed E-state index contributed by atoms with van der Waals surface area (Å²) in [6.45, 7) is 7.97. The van der Waals surface area contributed by atoms with Crippen molar-refractivity contribution in [1.29, 1.82) is 0 Å². The maximum atomic E-state index is 3.74. The Morgan fingerprint density at radius 1 is 1.00 bits per heavy atom. The van der Waals surface area contributed by atoms with Crippen molar-refractivity contribution in [2.45, 2.75) is 26.7 Å². The van der Waals surface area contributed by atoms with Crippen LogP contribution in [-0.4, -0.2) is 0 Å². The second-order valence-corrected chi connectivity index (χ2v) is 1.71. The number of hydrogen-bond acceptors (Lipinski definition) is 0. The molecule has 12 heavy (non-hydrogen) atoms. The van der Waals surface area contributed by atoms with Crippen molar-refractivity contribution in [1.82, 2.24) is 0 Å². The fourth-order valence-corrected chi connectivity index (χ4v) is 0.427. The average Bonchev–Trinajstić information content (AvgIpc) is 1.35. The van der Waals surface area contributed by atoms with Crippen molar-refractivity contribution in [3.05, 3.63) is 27.0 Å². The van der Waals surface area contributed by atoms with Crippen LogP contribution in [-0.2, 0) is 131 Å². The molecule has 0 nitrogen and oxygen atoms in total. The van der Waals surface area contributed by atoms with Crippen LogP contribution in [0.1, 0.15) is 26.7 Å². The molecule has 0 fully saturated rings. The summed E-state index contributed by atoms with van der Waals surface area (Å²) in [7, 11) is 0. The molecule has 0 aliphatic carbocycles.